The van der Waals surface area contributed by atoms with Crippen LogP contribution in [0.1, 0.15) is 25.3 Å². The van der Waals surface area contributed by atoms with E-state index in [4.69, 9.17) is 17.3 Å². The average molecular weight is 305 g/mol. The number of rotatable bonds is 5. The van der Waals surface area contributed by atoms with Crippen LogP contribution in [0.2, 0.25) is 5.02 Å². The van der Waals surface area contributed by atoms with Crippen molar-refractivity contribution in [3.05, 3.63) is 33.3 Å². The number of hydrogen-bond acceptors (Lipinski definition) is 2. The molecule has 0 aliphatic carbocycles. The summed E-state index contributed by atoms with van der Waals surface area (Å²) in [6.45, 7) is 1.98. The predicted molar refractivity (Wildman–Crippen MR) is 70.7 cm³/mol. The minimum absolute atomic E-state index is 0.0401. The number of benzene rings is 1. The maximum Gasteiger partial charge on any atom is 0.138 e. The molecule has 0 amide bonds. The van der Waals surface area contributed by atoms with Crippen molar-refractivity contribution in [2.24, 2.45) is 5.73 Å². The summed E-state index contributed by atoms with van der Waals surface area (Å²) in [6.07, 6.45) is 1.60. The van der Waals surface area contributed by atoms with E-state index < -0.39 is 0 Å². The van der Waals surface area contributed by atoms with Gasteiger partial charge in [-0.05, 0) is 24.1 Å². The van der Waals surface area contributed by atoms with Crippen LogP contribution in [0.4, 0.5) is 0 Å². The van der Waals surface area contributed by atoms with Crippen LogP contribution in [0.25, 0.3) is 0 Å². The fourth-order valence-electron chi connectivity index (χ4n) is 1.39. The number of carbonyl (C=O) groups excluding carboxylic acids is 1. The van der Waals surface area contributed by atoms with Crippen molar-refractivity contribution in [2.75, 3.05) is 0 Å². The quantitative estimate of drug-likeness (QED) is 0.906. The van der Waals surface area contributed by atoms with Gasteiger partial charge in [0.05, 0.1) is 0 Å². The number of hydrogen-bond donors (Lipinski definition) is 1. The Bertz CT molecular complexity index is 381. The van der Waals surface area contributed by atoms with Crippen LogP contribution >= 0.6 is 27.5 Å². The van der Waals surface area contributed by atoms with Crippen molar-refractivity contribution in [1.29, 1.82) is 0 Å². The highest BCUT2D eigenvalue weighted by Crippen LogP contribution is 2.22. The molecular formula is C12H15BrClNO. The van der Waals surface area contributed by atoms with Crippen LogP contribution in [0, 0.1) is 0 Å². The van der Waals surface area contributed by atoms with Gasteiger partial charge >= 0.3 is 0 Å². The first-order valence-corrected chi connectivity index (χ1v) is 6.41. The third-order valence-corrected chi connectivity index (χ3v) is 3.26. The normalized spacial score (nSPS) is 12.5. The van der Waals surface area contributed by atoms with E-state index in [1.54, 1.807) is 6.07 Å². The van der Waals surface area contributed by atoms with E-state index in [0.717, 1.165) is 16.5 Å². The fourth-order valence-corrected chi connectivity index (χ4v) is 2.13. The lowest BCUT2D eigenvalue weighted by molar-refractivity contribution is -0.118. The second-order valence-electron chi connectivity index (χ2n) is 3.82. The van der Waals surface area contributed by atoms with Gasteiger partial charge in [0, 0.05) is 28.4 Å². The molecule has 0 bridgehead atoms. The summed E-state index contributed by atoms with van der Waals surface area (Å²) in [5.41, 5.74) is 6.59. The molecule has 1 atom stereocenters. The first-order valence-electron chi connectivity index (χ1n) is 5.24. The van der Waals surface area contributed by atoms with Crippen molar-refractivity contribution < 1.29 is 4.79 Å². The van der Waals surface area contributed by atoms with E-state index in [1.807, 2.05) is 19.1 Å². The van der Waals surface area contributed by atoms with Gasteiger partial charge in [-0.25, -0.2) is 0 Å². The highest BCUT2D eigenvalue weighted by Gasteiger charge is 2.10. The van der Waals surface area contributed by atoms with E-state index in [-0.39, 0.29) is 11.8 Å². The standard InChI is InChI=1S/C12H15BrClNO/c1-2-10(15)7-11(16)5-8-3-4-9(13)6-12(8)14/h3-4,6,10H,2,5,7,15H2,1H3. The van der Waals surface area contributed by atoms with E-state index >= 15 is 0 Å². The summed E-state index contributed by atoms with van der Waals surface area (Å²) < 4.78 is 0.916. The van der Waals surface area contributed by atoms with Crippen molar-refractivity contribution in [2.45, 2.75) is 32.2 Å². The zero-order chi connectivity index (χ0) is 12.1. The Morgan fingerprint density at radius 2 is 2.25 bits per heavy atom. The molecule has 16 heavy (non-hydrogen) atoms. The monoisotopic (exact) mass is 303 g/mol. The molecule has 1 aromatic carbocycles. The number of ketones is 1. The number of halogens is 2. The summed E-state index contributed by atoms with van der Waals surface area (Å²) in [6, 6.07) is 5.50. The molecule has 0 fully saturated rings. The van der Waals surface area contributed by atoms with E-state index in [2.05, 4.69) is 15.9 Å². The summed E-state index contributed by atoms with van der Waals surface area (Å²) in [5.74, 6) is 0.138. The molecule has 0 aliphatic rings. The summed E-state index contributed by atoms with van der Waals surface area (Å²) in [7, 11) is 0. The van der Waals surface area contributed by atoms with Crippen LogP contribution in [-0.2, 0) is 11.2 Å². The highest BCUT2D eigenvalue weighted by molar-refractivity contribution is 9.10. The molecule has 0 aromatic heterocycles. The topological polar surface area (TPSA) is 43.1 Å². The number of Topliss-reactive ketones (excluding diaryl/α,β-unsaturated/α-hetero) is 1. The smallest absolute Gasteiger partial charge is 0.138 e. The Morgan fingerprint density at radius 3 is 2.81 bits per heavy atom. The zero-order valence-electron chi connectivity index (χ0n) is 9.17. The lowest BCUT2D eigenvalue weighted by atomic mass is 10.0. The molecule has 1 aromatic rings. The van der Waals surface area contributed by atoms with E-state index in [1.165, 1.54) is 0 Å². The molecule has 1 unspecified atom stereocenters. The summed E-state index contributed by atoms with van der Waals surface area (Å²) in [4.78, 5) is 11.7. The molecule has 1 rings (SSSR count). The van der Waals surface area contributed by atoms with Gasteiger partial charge in [-0.1, -0.05) is 40.5 Å². The number of carbonyl (C=O) groups is 1. The van der Waals surface area contributed by atoms with Crippen molar-refractivity contribution in [3.8, 4) is 0 Å². The van der Waals surface area contributed by atoms with Crippen LogP contribution in [0.15, 0.2) is 22.7 Å². The van der Waals surface area contributed by atoms with Crippen LogP contribution in [0.5, 0.6) is 0 Å². The van der Waals surface area contributed by atoms with Gasteiger partial charge in [0.25, 0.3) is 0 Å². The van der Waals surface area contributed by atoms with Crippen LogP contribution in [-0.4, -0.2) is 11.8 Å². The Hall–Kier alpha value is -0.380. The average Bonchev–Trinajstić information content (AvgIpc) is 2.22. The highest BCUT2D eigenvalue weighted by atomic mass is 79.9. The zero-order valence-corrected chi connectivity index (χ0v) is 11.5. The van der Waals surface area contributed by atoms with Gasteiger partial charge in [0.2, 0.25) is 0 Å². The first-order chi connectivity index (χ1) is 7.52. The molecule has 2 nitrogen and oxygen atoms in total. The summed E-state index contributed by atoms with van der Waals surface area (Å²) >= 11 is 9.36. The molecule has 0 heterocycles. The van der Waals surface area contributed by atoms with Gasteiger partial charge in [-0.15, -0.1) is 0 Å². The van der Waals surface area contributed by atoms with Gasteiger partial charge in [0.1, 0.15) is 5.78 Å². The van der Waals surface area contributed by atoms with Gasteiger partial charge < -0.3 is 5.73 Å². The lowest BCUT2D eigenvalue weighted by Crippen LogP contribution is -2.23. The van der Waals surface area contributed by atoms with Crippen LogP contribution in [0.3, 0.4) is 0 Å². The molecule has 0 saturated heterocycles. The van der Waals surface area contributed by atoms with Crippen molar-refractivity contribution in [3.63, 3.8) is 0 Å². The third kappa shape index (κ3) is 4.24. The SMILES string of the molecule is CCC(N)CC(=O)Cc1ccc(Br)cc1Cl. The fraction of sp³-hybridized carbons (Fsp3) is 0.417. The Labute approximate surface area is 109 Å². The largest absolute Gasteiger partial charge is 0.327 e. The van der Waals surface area contributed by atoms with Crippen molar-refractivity contribution in [1.82, 2.24) is 0 Å². The van der Waals surface area contributed by atoms with Gasteiger partial charge in [-0.2, -0.15) is 0 Å². The minimum atomic E-state index is -0.0401. The lowest BCUT2D eigenvalue weighted by Gasteiger charge is -2.08. The Balaban J connectivity index is 2.63. The maximum absolute atomic E-state index is 11.7. The molecule has 4 heteroatoms. The molecule has 88 valence electrons. The predicted octanol–water partition coefficient (Wildman–Crippen LogP) is 3.34. The second kappa shape index (κ2) is 6.38. The van der Waals surface area contributed by atoms with Crippen molar-refractivity contribution >= 4 is 33.3 Å². The first kappa shape index (κ1) is 13.7. The van der Waals surface area contributed by atoms with Crippen LogP contribution < -0.4 is 5.73 Å². The third-order valence-electron chi connectivity index (χ3n) is 2.42. The second-order valence-corrected chi connectivity index (χ2v) is 5.15. The molecule has 0 saturated carbocycles. The van der Waals surface area contributed by atoms with E-state index in [9.17, 15) is 4.79 Å². The summed E-state index contributed by atoms with van der Waals surface area (Å²) in [5, 5.41) is 0.618. The van der Waals surface area contributed by atoms with Gasteiger partial charge in [-0.3, -0.25) is 4.79 Å². The number of nitrogens with two attached hydrogens (primary N) is 1. The van der Waals surface area contributed by atoms with Gasteiger partial charge in [0.15, 0.2) is 0 Å². The Kier molecular flexibility index (Phi) is 5.46. The minimum Gasteiger partial charge on any atom is -0.327 e. The molecule has 2 N–H and O–H groups in total. The Morgan fingerprint density at radius 1 is 1.56 bits per heavy atom. The molecular weight excluding hydrogens is 289 g/mol. The maximum atomic E-state index is 11.7. The molecule has 0 radical (unpaired) electrons. The van der Waals surface area contributed by atoms with E-state index in [0.29, 0.717) is 17.9 Å². The molecule has 0 spiro atoms. The molecule has 0 aliphatic heterocycles.